The third-order valence-corrected chi connectivity index (χ3v) is 5.36. The van der Waals surface area contributed by atoms with Crippen LogP contribution >= 0.6 is 11.8 Å². The first-order chi connectivity index (χ1) is 9.50. The molecule has 0 radical (unpaired) electrons. The van der Waals surface area contributed by atoms with E-state index in [-0.39, 0.29) is 17.9 Å². The van der Waals surface area contributed by atoms with Crippen LogP contribution in [0, 0.1) is 0 Å². The largest absolute Gasteiger partial charge is 0.315 e. The molecule has 20 heavy (non-hydrogen) atoms. The summed E-state index contributed by atoms with van der Waals surface area (Å²) >= 11 is 1.57. The second-order valence-electron chi connectivity index (χ2n) is 5.45. The fraction of sp³-hybridized carbons (Fsp3) is 0.467. The molecular formula is C15H18N2O2S. The maximum atomic E-state index is 13.1. The lowest BCUT2D eigenvalue weighted by atomic mass is 10.1. The van der Waals surface area contributed by atoms with Crippen molar-refractivity contribution in [1.82, 2.24) is 4.90 Å². The van der Waals surface area contributed by atoms with Gasteiger partial charge in [-0.2, -0.15) is 0 Å². The zero-order chi connectivity index (χ0) is 14.5. The lowest BCUT2D eigenvalue weighted by Crippen LogP contribution is -2.51. The van der Waals surface area contributed by atoms with Crippen molar-refractivity contribution < 1.29 is 9.59 Å². The fourth-order valence-electron chi connectivity index (χ4n) is 3.17. The summed E-state index contributed by atoms with van der Waals surface area (Å²) in [6.07, 6.45) is 0. The minimum absolute atomic E-state index is 0.0198. The van der Waals surface area contributed by atoms with Gasteiger partial charge in [-0.05, 0) is 19.9 Å². The van der Waals surface area contributed by atoms with Crippen LogP contribution in [0.3, 0.4) is 0 Å². The highest BCUT2D eigenvalue weighted by Crippen LogP contribution is 2.54. The topological polar surface area (TPSA) is 40.6 Å². The van der Waals surface area contributed by atoms with E-state index in [1.54, 1.807) is 23.6 Å². The number of fused-ring (bicyclic) bond motifs is 2. The molecule has 2 heterocycles. The van der Waals surface area contributed by atoms with E-state index in [1.165, 1.54) is 0 Å². The van der Waals surface area contributed by atoms with E-state index in [2.05, 4.69) is 0 Å². The zero-order valence-corrected chi connectivity index (χ0v) is 12.7. The molecule has 5 heteroatoms. The van der Waals surface area contributed by atoms with Crippen LogP contribution in [0.4, 0.5) is 5.69 Å². The van der Waals surface area contributed by atoms with Crippen molar-refractivity contribution in [3.05, 3.63) is 29.8 Å². The fourth-order valence-corrected chi connectivity index (χ4v) is 4.67. The summed E-state index contributed by atoms with van der Waals surface area (Å²) in [7, 11) is 0. The number of carbonyl (C=O) groups is 2. The van der Waals surface area contributed by atoms with Gasteiger partial charge < -0.3 is 9.80 Å². The van der Waals surface area contributed by atoms with Gasteiger partial charge in [-0.1, -0.05) is 18.2 Å². The summed E-state index contributed by atoms with van der Waals surface area (Å²) < 4.78 is 0. The Bertz CT molecular complexity index is 587. The predicted molar refractivity (Wildman–Crippen MR) is 80.6 cm³/mol. The Balaban J connectivity index is 2.22. The Labute approximate surface area is 123 Å². The van der Waals surface area contributed by atoms with E-state index in [0.717, 1.165) is 17.0 Å². The van der Waals surface area contributed by atoms with Gasteiger partial charge in [0.25, 0.3) is 5.91 Å². The van der Waals surface area contributed by atoms with Gasteiger partial charge in [0.05, 0.1) is 5.69 Å². The number of anilines is 1. The molecule has 2 aliphatic rings. The van der Waals surface area contributed by atoms with E-state index in [9.17, 15) is 9.59 Å². The molecule has 106 valence electrons. The average Bonchev–Trinajstić information content (AvgIpc) is 2.93. The molecule has 3 rings (SSSR count). The average molecular weight is 290 g/mol. The van der Waals surface area contributed by atoms with E-state index >= 15 is 0 Å². The normalized spacial score (nSPS) is 24.9. The second kappa shape index (κ2) is 4.52. The van der Waals surface area contributed by atoms with Crippen LogP contribution in [0.25, 0.3) is 0 Å². The van der Waals surface area contributed by atoms with Crippen LogP contribution in [0.1, 0.15) is 26.3 Å². The summed E-state index contributed by atoms with van der Waals surface area (Å²) in [6.45, 7) is 6.18. The molecule has 4 nitrogen and oxygen atoms in total. The van der Waals surface area contributed by atoms with Crippen molar-refractivity contribution in [2.75, 3.05) is 17.2 Å². The Morgan fingerprint density at radius 2 is 2.05 bits per heavy atom. The number of hydrogen-bond donors (Lipinski definition) is 0. The number of amides is 2. The van der Waals surface area contributed by atoms with Gasteiger partial charge in [-0.25, -0.2) is 0 Å². The van der Waals surface area contributed by atoms with Crippen LogP contribution < -0.4 is 4.90 Å². The number of carbonyl (C=O) groups excluding carboxylic acids is 2. The summed E-state index contributed by atoms with van der Waals surface area (Å²) in [5.41, 5.74) is 1.89. The van der Waals surface area contributed by atoms with E-state index in [4.69, 9.17) is 0 Å². The number of rotatable bonds is 1. The van der Waals surface area contributed by atoms with Crippen LogP contribution in [-0.2, 0) is 14.5 Å². The van der Waals surface area contributed by atoms with Crippen LogP contribution in [-0.4, -0.2) is 35.1 Å². The number of para-hydroxylation sites is 1. The maximum absolute atomic E-state index is 13.1. The molecule has 0 N–H and O–H groups in total. The summed E-state index contributed by atoms with van der Waals surface area (Å²) in [5, 5.41) is 0. The van der Waals surface area contributed by atoms with Gasteiger partial charge in [0, 0.05) is 30.8 Å². The number of hydrogen-bond acceptors (Lipinski definition) is 3. The standard InChI is InChI=1S/C15H18N2O2S/c1-10(2)17-13-7-5-4-6-12(13)15(14(17)19)16(11(3)18)8-9-20-15/h4-7,10H,8-9H2,1-3H3. The lowest BCUT2D eigenvalue weighted by molar-refractivity contribution is -0.138. The molecule has 0 saturated carbocycles. The highest BCUT2D eigenvalue weighted by Gasteiger charge is 2.59. The highest BCUT2D eigenvalue weighted by atomic mass is 32.2. The van der Waals surface area contributed by atoms with Gasteiger partial charge >= 0.3 is 0 Å². The first-order valence-corrected chi connectivity index (χ1v) is 7.84. The molecule has 0 aliphatic carbocycles. The van der Waals surface area contributed by atoms with E-state index in [0.29, 0.717) is 6.54 Å². The van der Waals surface area contributed by atoms with Gasteiger partial charge in [-0.15, -0.1) is 11.8 Å². The molecule has 1 aromatic carbocycles. The van der Waals surface area contributed by atoms with Crippen molar-refractivity contribution in [3.8, 4) is 0 Å². The maximum Gasteiger partial charge on any atom is 0.268 e. The predicted octanol–water partition coefficient (Wildman–Crippen LogP) is 2.19. The van der Waals surface area contributed by atoms with Crippen LogP contribution in [0.5, 0.6) is 0 Å². The number of nitrogens with zero attached hydrogens (tertiary/aromatic N) is 2. The van der Waals surface area contributed by atoms with Gasteiger partial charge in [0.2, 0.25) is 5.91 Å². The Hall–Kier alpha value is -1.49. The number of benzene rings is 1. The highest BCUT2D eigenvalue weighted by molar-refractivity contribution is 8.01. The van der Waals surface area contributed by atoms with E-state index < -0.39 is 4.87 Å². The van der Waals surface area contributed by atoms with Crippen molar-refractivity contribution in [1.29, 1.82) is 0 Å². The smallest absolute Gasteiger partial charge is 0.268 e. The van der Waals surface area contributed by atoms with Crippen molar-refractivity contribution in [2.45, 2.75) is 31.7 Å². The van der Waals surface area contributed by atoms with Gasteiger partial charge in [0.1, 0.15) is 0 Å². The minimum atomic E-state index is -0.841. The monoisotopic (exact) mass is 290 g/mol. The lowest BCUT2D eigenvalue weighted by Gasteiger charge is -2.33. The van der Waals surface area contributed by atoms with Crippen molar-refractivity contribution >= 4 is 29.3 Å². The summed E-state index contributed by atoms with van der Waals surface area (Å²) in [4.78, 5) is 27.7. The first-order valence-electron chi connectivity index (χ1n) is 6.85. The molecule has 0 bridgehead atoms. The summed E-state index contributed by atoms with van der Waals surface area (Å²) in [6, 6.07) is 7.91. The zero-order valence-electron chi connectivity index (χ0n) is 11.9. The Morgan fingerprint density at radius 1 is 1.35 bits per heavy atom. The molecule has 1 aromatic rings. The molecule has 1 unspecified atom stereocenters. The second-order valence-corrected chi connectivity index (χ2v) is 6.74. The molecule has 1 saturated heterocycles. The van der Waals surface area contributed by atoms with Gasteiger partial charge in [0.15, 0.2) is 4.87 Å². The SMILES string of the molecule is CC(=O)N1CCSC12C(=O)N(C(C)C)c1ccccc12. The Kier molecular flexibility index (Phi) is 3.05. The molecule has 1 spiro atoms. The summed E-state index contributed by atoms with van der Waals surface area (Å²) in [5.74, 6) is 0.779. The molecule has 1 fully saturated rings. The molecular weight excluding hydrogens is 272 g/mol. The quantitative estimate of drug-likeness (QED) is 0.796. The third-order valence-electron chi connectivity index (χ3n) is 3.94. The van der Waals surface area contributed by atoms with E-state index in [1.807, 2.05) is 43.0 Å². The third kappa shape index (κ3) is 1.56. The first kappa shape index (κ1) is 13.5. The van der Waals surface area contributed by atoms with Crippen LogP contribution in [0.2, 0.25) is 0 Å². The van der Waals surface area contributed by atoms with Gasteiger partial charge in [-0.3, -0.25) is 9.59 Å². The minimum Gasteiger partial charge on any atom is -0.315 e. The van der Waals surface area contributed by atoms with Crippen LogP contribution in [0.15, 0.2) is 24.3 Å². The Morgan fingerprint density at radius 3 is 2.70 bits per heavy atom. The molecule has 1 atom stereocenters. The molecule has 2 aliphatic heterocycles. The van der Waals surface area contributed by atoms with Crippen molar-refractivity contribution in [2.24, 2.45) is 0 Å². The van der Waals surface area contributed by atoms with Crippen molar-refractivity contribution in [3.63, 3.8) is 0 Å². The number of thioether (sulfide) groups is 1. The molecule has 0 aromatic heterocycles. The molecule has 2 amide bonds.